The van der Waals surface area contributed by atoms with Crippen molar-refractivity contribution in [3.05, 3.63) is 83.4 Å². The van der Waals surface area contributed by atoms with Gasteiger partial charge in [-0.2, -0.15) is 0 Å². The third-order valence-electron chi connectivity index (χ3n) is 4.53. The number of para-hydroxylation sites is 1. The fraction of sp³-hybridized carbons (Fsp3) is 0.0952. The molecule has 0 spiro atoms. The van der Waals surface area contributed by atoms with Gasteiger partial charge in [-0.3, -0.25) is 14.2 Å². The van der Waals surface area contributed by atoms with E-state index in [0.29, 0.717) is 10.9 Å². The molecule has 0 unspecified atom stereocenters. The van der Waals surface area contributed by atoms with Crippen molar-refractivity contribution < 1.29 is 4.79 Å². The summed E-state index contributed by atoms with van der Waals surface area (Å²) in [5.41, 5.74) is 1.20. The SMILES string of the molecule is CN(C(=O)Cn1cnc2ccccc2c1=O)c1ccc2ccccc2c1. The summed E-state index contributed by atoms with van der Waals surface area (Å²) in [5, 5.41) is 2.69. The van der Waals surface area contributed by atoms with E-state index in [2.05, 4.69) is 4.98 Å². The Labute approximate surface area is 150 Å². The van der Waals surface area contributed by atoms with Crippen LogP contribution in [0.3, 0.4) is 0 Å². The Kier molecular flexibility index (Phi) is 3.97. The molecule has 1 amide bonds. The highest BCUT2D eigenvalue weighted by Gasteiger charge is 2.14. The third-order valence-corrected chi connectivity index (χ3v) is 4.53. The van der Waals surface area contributed by atoms with E-state index in [0.717, 1.165) is 16.5 Å². The highest BCUT2D eigenvalue weighted by molar-refractivity contribution is 5.96. The van der Waals surface area contributed by atoms with Gasteiger partial charge in [0.1, 0.15) is 6.54 Å². The predicted octanol–water partition coefficient (Wildman–Crippen LogP) is 3.21. The number of aromatic nitrogens is 2. The molecule has 5 heteroatoms. The molecule has 0 aliphatic carbocycles. The molecule has 1 aromatic heterocycles. The van der Waals surface area contributed by atoms with Crippen LogP contribution in [0.2, 0.25) is 0 Å². The lowest BCUT2D eigenvalue weighted by atomic mass is 10.1. The summed E-state index contributed by atoms with van der Waals surface area (Å²) in [6.45, 7) is -0.0556. The number of carbonyl (C=O) groups is 1. The van der Waals surface area contributed by atoms with E-state index >= 15 is 0 Å². The Balaban J connectivity index is 1.63. The van der Waals surface area contributed by atoms with Crippen LogP contribution in [-0.2, 0) is 11.3 Å². The summed E-state index contributed by atoms with van der Waals surface area (Å²) in [4.78, 5) is 31.0. The second-order valence-electron chi connectivity index (χ2n) is 6.18. The largest absolute Gasteiger partial charge is 0.314 e. The monoisotopic (exact) mass is 343 g/mol. The molecule has 4 rings (SSSR count). The van der Waals surface area contributed by atoms with Crippen molar-refractivity contribution in [1.29, 1.82) is 0 Å². The molecule has 0 fully saturated rings. The van der Waals surface area contributed by atoms with Gasteiger partial charge in [0.15, 0.2) is 0 Å². The molecule has 0 N–H and O–H groups in total. The zero-order chi connectivity index (χ0) is 18.1. The highest BCUT2D eigenvalue weighted by Crippen LogP contribution is 2.21. The van der Waals surface area contributed by atoms with E-state index in [1.54, 1.807) is 30.1 Å². The van der Waals surface area contributed by atoms with E-state index < -0.39 is 0 Å². The fourth-order valence-corrected chi connectivity index (χ4v) is 3.00. The number of carbonyl (C=O) groups excluding carboxylic acids is 1. The smallest absolute Gasteiger partial charge is 0.261 e. The van der Waals surface area contributed by atoms with Gasteiger partial charge in [0.25, 0.3) is 5.56 Å². The Morgan fingerprint density at radius 3 is 2.58 bits per heavy atom. The van der Waals surface area contributed by atoms with Crippen molar-refractivity contribution in [2.24, 2.45) is 0 Å². The molecule has 0 radical (unpaired) electrons. The number of benzene rings is 3. The molecule has 4 aromatic rings. The van der Waals surface area contributed by atoms with Crippen molar-refractivity contribution in [2.75, 3.05) is 11.9 Å². The lowest BCUT2D eigenvalue weighted by Crippen LogP contribution is -2.34. The molecule has 0 atom stereocenters. The average Bonchev–Trinajstić information content (AvgIpc) is 2.69. The van der Waals surface area contributed by atoms with Crippen molar-refractivity contribution in [2.45, 2.75) is 6.54 Å². The highest BCUT2D eigenvalue weighted by atomic mass is 16.2. The summed E-state index contributed by atoms with van der Waals surface area (Å²) in [7, 11) is 1.71. The van der Waals surface area contributed by atoms with Crippen LogP contribution in [0.25, 0.3) is 21.7 Å². The molecule has 0 bridgehead atoms. The fourth-order valence-electron chi connectivity index (χ4n) is 3.00. The summed E-state index contributed by atoms with van der Waals surface area (Å²) < 4.78 is 1.35. The van der Waals surface area contributed by atoms with Crippen LogP contribution in [0, 0.1) is 0 Å². The van der Waals surface area contributed by atoms with Gasteiger partial charge in [-0.25, -0.2) is 4.98 Å². The van der Waals surface area contributed by atoms with Gasteiger partial charge in [0.05, 0.1) is 17.2 Å². The molecule has 0 aliphatic heterocycles. The summed E-state index contributed by atoms with van der Waals surface area (Å²) in [5.74, 6) is -0.181. The number of nitrogens with zero attached hydrogens (tertiary/aromatic N) is 3. The van der Waals surface area contributed by atoms with E-state index in [1.807, 2.05) is 48.5 Å². The molecule has 26 heavy (non-hydrogen) atoms. The number of amides is 1. The molecular formula is C21H17N3O2. The first-order valence-corrected chi connectivity index (χ1v) is 8.33. The quantitative estimate of drug-likeness (QED) is 0.574. The molecular weight excluding hydrogens is 326 g/mol. The number of fused-ring (bicyclic) bond motifs is 2. The first-order valence-electron chi connectivity index (χ1n) is 8.33. The van der Waals surface area contributed by atoms with Gasteiger partial charge >= 0.3 is 0 Å². The second-order valence-corrected chi connectivity index (χ2v) is 6.18. The number of rotatable bonds is 3. The Bertz CT molecular complexity index is 1180. The molecule has 0 saturated carbocycles. The number of likely N-dealkylation sites (N-methyl/N-ethyl adjacent to an activating group) is 1. The minimum atomic E-state index is -0.212. The Hall–Kier alpha value is -3.47. The Morgan fingerprint density at radius 2 is 1.73 bits per heavy atom. The van der Waals surface area contributed by atoms with Crippen LogP contribution in [0.15, 0.2) is 77.9 Å². The standard InChI is InChI=1S/C21H17N3O2/c1-23(17-11-10-15-6-2-3-7-16(15)12-17)20(25)13-24-14-22-19-9-5-4-8-18(19)21(24)26/h2-12,14H,13H2,1H3. The van der Waals surface area contributed by atoms with Gasteiger partial charge in [-0.15, -0.1) is 0 Å². The van der Waals surface area contributed by atoms with Crippen LogP contribution in [-0.4, -0.2) is 22.5 Å². The lowest BCUT2D eigenvalue weighted by molar-refractivity contribution is -0.118. The summed E-state index contributed by atoms with van der Waals surface area (Å²) >= 11 is 0. The predicted molar refractivity (Wildman–Crippen MR) is 103 cm³/mol. The molecule has 0 saturated heterocycles. The van der Waals surface area contributed by atoms with Crippen molar-refractivity contribution >= 4 is 33.3 Å². The zero-order valence-corrected chi connectivity index (χ0v) is 14.3. The minimum Gasteiger partial charge on any atom is -0.314 e. The van der Waals surface area contributed by atoms with Crippen LogP contribution < -0.4 is 10.5 Å². The van der Waals surface area contributed by atoms with E-state index in [4.69, 9.17) is 0 Å². The third kappa shape index (κ3) is 2.84. The zero-order valence-electron chi connectivity index (χ0n) is 14.3. The van der Waals surface area contributed by atoms with Crippen molar-refractivity contribution in [3.63, 3.8) is 0 Å². The van der Waals surface area contributed by atoms with Gasteiger partial charge in [-0.05, 0) is 35.0 Å². The maximum Gasteiger partial charge on any atom is 0.261 e. The van der Waals surface area contributed by atoms with Gasteiger partial charge < -0.3 is 4.90 Å². The van der Waals surface area contributed by atoms with Crippen LogP contribution in [0.4, 0.5) is 5.69 Å². The maximum absolute atomic E-state index is 12.7. The lowest BCUT2D eigenvalue weighted by Gasteiger charge is -2.18. The first kappa shape index (κ1) is 16.0. The first-order chi connectivity index (χ1) is 12.6. The van der Waals surface area contributed by atoms with E-state index in [9.17, 15) is 9.59 Å². The van der Waals surface area contributed by atoms with Gasteiger partial charge in [0.2, 0.25) is 5.91 Å². The molecule has 5 nitrogen and oxygen atoms in total. The Morgan fingerprint density at radius 1 is 1.00 bits per heavy atom. The molecule has 128 valence electrons. The second kappa shape index (κ2) is 6.44. The van der Waals surface area contributed by atoms with Gasteiger partial charge in [-0.1, -0.05) is 42.5 Å². The van der Waals surface area contributed by atoms with Crippen LogP contribution in [0.1, 0.15) is 0 Å². The van der Waals surface area contributed by atoms with Crippen LogP contribution in [0.5, 0.6) is 0 Å². The molecule has 1 heterocycles. The maximum atomic E-state index is 12.7. The molecule has 3 aromatic carbocycles. The number of hydrogen-bond acceptors (Lipinski definition) is 3. The van der Waals surface area contributed by atoms with E-state index in [-0.39, 0.29) is 18.0 Å². The number of anilines is 1. The normalized spacial score (nSPS) is 11.0. The van der Waals surface area contributed by atoms with E-state index in [1.165, 1.54) is 10.9 Å². The van der Waals surface area contributed by atoms with Gasteiger partial charge in [0, 0.05) is 12.7 Å². The van der Waals surface area contributed by atoms with Crippen molar-refractivity contribution in [3.8, 4) is 0 Å². The summed E-state index contributed by atoms with van der Waals surface area (Å²) in [6.07, 6.45) is 1.43. The average molecular weight is 343 g/mol. The van der Waals surface area contributed by atoms with Crippen molar-refractivity contribution in [1.82, 2.24) is 9.55 Å². The van der Waals surface area contributed by atoms with Crippen LogP contribution >= 0.6 is 0 Å². The topological polar surface area (TPSA) is 55.2 Å². The summed E-state index contributed by atoms with van der Waals surface area (Å²) in [6, 6.07) is 21.0. The molecule has 0 aliphatic rings. The minimum absolute atomic E-state index is 0.0556. The number of hydrogen-bond donors (Lipinski definition) is 0.